The fraction of sp³-hybridized carbons (Fsp3) is 0.273. The van der Waals surface area contributed by atoms with Crippen LogP contribution in [0.25, 0.3) is 11.0 Å². The Bertz CT molecular complexity index is 1080. The van der Waals surface area contributed by atoms with Gasteiger partial charge in [-0.15, -0.1) is 0 Å². The van der Waals surface area contributed by atoms with Gasteiger partial charge >= 0.3 is 0 Å². The highest BCUT2D eigenvalue weighted by Crippen LogP contribution is 2.20. The number of carbonyl (C=O) groups is 1. The minimum absolute atomic E-state index is 0.0765. The Morgan fingerprint density at radius 1 is 1.25 bits per heavy atom. The standard InChI is InChI=1S/C22H21BrN2O3/c1-14-4-2-5-17(10-14)25-22-19(21(26)24-13-18-6-3-9-27-18)12-15-11-16(23)7-8-20(15)28-22/h2,4-5,7-8,10-12,18H,3,6,9,13H2,1H3,(H,24,26)/t18-/m0/s1. The number of nitrogens with one attached hydrogen (secondary N) is 1. The van der Waals surface area contributed by atoms with Gasteiger partial charge in [-0.2, -0.15) is 0 Å². The number of hydrogen-bond donors (Lipinski definition) is 1. The number of halogens is 1. The smallest absolute Gasteiger partial charge is 0.256 e. The van der Waals surface area contributed by atoms with Gasteiger partial charge in [0.2, 0.25) is 5.55 Å². The van der Waals surface area contributed by atoms with E-state index in [1.807, 2.05) is 55.5 Å². The molecule has 144 valence electrons. The Hall–Kier alpha value is -2.44. The largest absolute Gasteiger partial charge is 0.438 e. The molecule has 1 atom stereocenters. The lowest BCUT2D eigenvalue weighted by Crippen LogP contribution is -2.34. The zero-order valence-electron chi connectivity index (χ0n) is 15.6. The van der Waals surface area contributed by atoms with Gasteiger partial charge in [-0.25, -0.2) is 4.99 Å². The number of ether oxygens (including phenoxy) is 1. The highest BCUT2D eigenvalue weighted by atomic mass is 79.9. The van der Waals surface area contributed by atoms with Crippen molar-refractivity contribution >= 4 is 38.5 Å². The van der Waals surface area contributed by atoms with Crippen molar-refractivity contribution in [3.63, 3.8) is 0 Å². The number of aryl methyl sites for hydroxylation is 1. The van der Waals surface area contributed by atoms with Crippen molar-refractivity contribution in [2.75, 3.05) is 13.2 Å². The lowest BCUT2D eigenvalue weighted by Gasteiger charge is -2.11. The van der Waals surface area contributed by atoms with E-state index >= 15 is 0 Å². The molecule has 2 heterocycles. The SMILES string of the molecule is Cc1cccc(N=c2oc3ccc(Br)cc3cc2C(=O)NC[C@@H]2CCCO2)c1. The molecule has 0 spiro atoms. The normalized spacial score (nSPS) is 17.2. The van der Waals surface area contributed by atoms with Gasteiger partial charge < -0.3 is 14.5 Å². The zero-order valence-corrected chi connectivity index (χ0v) is 17.2. The average molecular weight is 441 g/mol. The van der Waals surface area contributed by atoms with E-state index in [0.29, 0.717) is 23.2 Å². The predicted octanol–water partition coefficient (Wildman–Crippen LogP) is 4.64. The van der Waals surface area contributed by atoms with Crippen molar-refractivity contribution in [1.82, 2.24) is 5.32 Å². The van der Waals surface area contributed by atoms with Crippen molar-refractivity contribution in [3.8, 4) is 0 Å². The summed E-state index contributed by atoms with van der Waals surface area (Å²) in [5, 5.41) is 3.80. The van der Waals surface area contributed by atoms with E-state index in [1.54, 1.807) is 0 Å². The molecule has 0 unspecified atom stereocenters. The Balaban J connectivity index is 1.76. The summed E-state index contributed by atoms with van der Waals surface area (Å²) in [4.78, 5) is 17.5. The van der Waals surface area contributed by atoms with Crippen LogP contribution in [-0.2, 0) is 4.74 Å². The van der Waals surface area contributed by atoms with Crippen LogP contribution in [0.5, 0.6) is 0 Å². The van der Waals surface area contributed by atoms with Crippen LogP contribution in [0, 0.1) is 6.92 Å². The maximum atomic E-state index is 12.9. The molecule has 1 N–H and O–H groups in total. The molecule has 3 aromatic rings. The van der Waals surface area contributed by atoms with Crippen LogP contribution in [0.2, 0.25) is 0 Å². The Labute approximate surface area is 171 Å². The molecule has 1 fully saturated rings. The number of amides is 1. The number of benzene rings is 2. The third-order valence-corrected chi connectivity index (χ3v) is 5.19. The summed E-state index contributed by atoms with van der Waals surface area (Å²) in [5.74, 6) is -0.215. The molecule has 1 aliphatic rings. The summed E-state index contributed by atoms with van der Waals surface area (Å²) in [6, 6.07) is 15.3. The minimum Gasteiger partial charge on any atom is -0.438 e. The fourth-order valence-electron chi connectivity index (χ4n) is 3.27. The Morgan fingerprint density at radius 2 is 2.14 bits per heavy atom. The number of carbonyl (C=O) groups excluding carboxylic acids is 1. The van der Waals surface area contributed by atoms with E-state index < -0.39 is 0 Å². The fourth-order valence-corrected chi connectivity index (χ4v) is 3.65. The molecule has 1 aliphatic heterocycles. The van der Waals surface area contributed by atoms with Crippen molar-refractivity contribution in [2.24, 2.45) is 4.99 Å². The second kappa shape index (κ2) is 8.29. The molecule has 1 aromatic heterocycles. The predicted molar refractivity (Wildman–Crippen MR) is 112 cm³/mol. The summed E-state index contributed by atoms with van der Waals surface area (Å²) in [6.07, 6.45) is 2.08. The molecule has 1 amide bonds. The van der Waals surface area contributed by atoms with Crippen molar-refractivity contribution in [1.29, 1.82) is 0 Å². The first kappa shape index (κ1) is 18.9. The highest BCUT2D eigenvalue weighted by molar-refractivity contribution is 9.10. The van der Waals surface area contributed by atoms with Crippen LogP contribution in [-0.4, -0.2) is 25.2 Å². The maximum absolute atomic E-state index is 12.9. The Kier molecular flexibility index (Phi) is 5.59. The lowest BCUT2D eigenvalue weighted by atomic mass is 10.1. The van der Waals surface area contributed by atoms with Gasteiger partial charge in [-0.05, 0) is 61.7 Å². The van der Waals surface area contributed by atoms with E-state index in [1.165, 1.54) is 0 Å². The summed E-state index contributed by atoms with van der Waals surface area (Å²) >= 11 is 3.47. The van der Waals surface area contributed by atoms with Crippen LogP contribution in [0.1, 0.15) is 28.8 Å². The first-order valence-corrected chi connectivity index (χ1v) is 10.1. The van der Waals surface area contributed by atoms with E-state index in [9.17, 15) is 4.79 Å². The van der Waals surface area contributed by atoms with Gasteiger partial charge in [0.1, 0.15) is 11.1 Å². The molecular weight excluding hydrogens is 420 g/mol. The van der Waals surface area contributed by atoms with Crippen molar-refractivity contribution in [2.45, 2.75) is 25.9 Å². The van der Waals surface area contributed by atoms with Gasteiger partial charge in [-0.3, -0.25) is 4.79 Å². The van der Waals surface area contributed by atoms with Crippen LogP contribution in [0.4, 0.5) is 5.69 Å². The van der Waals surface area contributed by atoms with Crippen molar-refractivity contribution in [3.05, 3.63) is 69.7 Å². The maximum Gasteiger partial charge on any atom is 0.256 e. The van der Waals surface area contributed by atoms with Crippen LogP contribution in [0.15, 0.2) is 62.4 Å². The van der Waals surface area contributed by atoms with Crippen LogP contribution in [0.3, 0.4) is 0 Å². The van der Waals surface area contributed by atoms with Crippen LogP contribution >= 0.6 is 15.9 Å². The average Bonchev–Trinajstić information content (AvgIpc) is 3.19. The van der Waals surface area contributed by atoms with E-state index in [-0.39, 0.29) is 12.0 Å². The molecule has 28 heavy (non-hydrogen) atoms. The lowest BCUT2D eigenvalue weighted by molar-refractivity contribution is 0.0854. The molecular formula is C22H21BrN2O3. The third-order valence-electron chi connectivity index (χ3n) is 4.70. The van der Waals surface area contributed by atoms with Gasteiger partial charge in [0.15, 0.2) is 0 Å². The van der Waals surface area contributed by atoms with Gasteiger partial charge in [0.25, 0.3) is 5.91 Å². The van der Waals surface area contributed by atoms with Gasteiger partial charge in [-0.1, -0.05) is 28.1 Å². The van der Waals surface area contributed by atoms with Gasteiger partial charge in [0.05, 0.1) is 11.8 Å². The first-order chi connectivity index (χ1) is 13.6. The van der Waals surface area contributed by atoms with Crippen molar-refractivity contribution < 1.29 is 13.9 Å². The molecule has 5 nitrogen and oxygen atoms in total. The van der Waals surface area contributed by atoms with Gasteiger partial charge in [0, 0.05) is 23.0 Å². The van der Waals surface area contributed by atoms with E-state index in [4.69, 9.17) is 9.15 Å². The summed E-state index contributed by atoms with van der Waals surface area (Å²) < 4.78 is 12.5. The number of nitrogens with zero attached hydrogens (tertiary/aromatic N) is 1. The molecule has 4 rings (SSSR count). The molecule has 0 radical (unpaired) electrons. The summed E-state index contributed by atoms with van der Waals surface area (Å²) in [6.45, 7) is 3.25. The molecule has 2 aromatic carbocycles. The highest BCUT2D eigenvalue weighted by Gasteiger charge is 2.18. The quantitative estimate of drug-likeness (QED) is 0.642. The molecule has 0 bridgehead atoms. The molecule has 1 saturated heterocycles. The summed E-state index contributed by atoms with van der Waals surface area (Å²) in [5.41, 5.74) is 3.21. The van der Waals surface area contributed by atoms with E-state index in [2.05, 4.69) is 26.2 Å². The Morgan fingerprint density at radius 3 is 2.93 bits per heavy atom. The minimum atomic E-state index is -0.215. The van der Waals surface area contributed by atoms with E-state index in [0.717, 1.165) is 40.6 Å². The third kappa shape index (κ3) is 4.34. The summed E-state index contributed by atoms with van der Waals surface area (Å²) in [7, 11) is 0. The monoisotopic (exact) mass is 440 g/mol. The number of hydrogen-bond acceptors (Lipinski definition) is 4. The van der Waals surface area contributed by atoms with Crippen LogP contribution < -0.4 is 10.9 Å². The zero-order chi connectivity index (χ0) is 19.5. The second-order valence-electron chi connectivity index (χ2n) is 6.94. The molecule has 0 saturated carbocycles. The number of fused-ring (bicyclic) bond motifs is 1. The first-order valence-electron chi connectivity index (χ1n) is 9.33. The molecule has 6 heteroatoms. The number of rotatable bonds is 4. The topological polar surface area (TPSA) is 63.8 Å². The second-order valence-corrected chi connectivity index (χ2v) is 7.86. The molecule has 0 aliphatic carbocycles.